The molecule has 0 saturated carbocycles. The van der Waals surface area contributed by atoms with Crippen LogP contribution >= 0.6 is 0 Å². The van der Waals surface area contributed by atoms with E-state index in [0.29, 0.717) is 17.1 Å². The average molecular weight is 500 g/mol. The van der Waals surface area contributed by atoms with E-state index in [2.05, 4.69) is 63.4 Å². The number of carbonyl (C=O) groups excluding carboxylic acids is 1. The quantitative estimate of drug-likeness (QED) is 0.211. The van der Waals surface area contributed by atoms with Crippen molar-refractivity contribution in [3.63, 3.8) is 0 Å². The molecule has 6 nitrogen and oxygen atoms in total. The zero-order valence-electron chi connectivity index (χ0n) is 23.1. The number of anilines is 1. The first-order valence-corrected chi connectivity index (χ1v) is 12.6. The molecule has 0 aliphatic heterocycles. The van der Waals surface area contributed by atoms with E-state index in [4.69, 9.17) is 14.5 Å². The molecule has 0 fully saturated rings. The third-order valence-corrected chi connectivity index (χ3v) is 6.14. The number of nitrogens with zero attached hydrogens (tertiary/aromatic N) is 2. The highest BCUT2D eigenvalue weighted by molar-refractivity contribution is 5.91. The predicted octanol–water partition coefficient (Wildman–Crippen LogP) is 7.47. The molecule has 0 aliphatic rings. The smallest absolute Gasteiger partial charge is 0.343 e. The maximum Gasteiger partial charge on any atom is 0.343 e. The molecule has 1 N–H and O–H groups in total. The number of aromatic nitrogens is 2. The number of hydrogen-bond donors (Lipinski definition) is 1. The number of nitrogens with one attached hydrogen (secondary N) is 1. The summed E-state index contributed by atoms with van der Waals surface area (Å²) in [6.45, 7) is 15.2. The first-order chi connectivity index (χ1) is 17.3. The van der Waals surface area contributed by atoms with Crippen LogP contribution in [-0.2, 0) is 0 Å². The van der Waals surface area contributed by atoms with Crippen molar-refractivity contribution in [1.29, 1.82) is 0 Å². The second kappa shape index (κ2) is 9.92. The number of benzene rings is 2. The monoisotopic (exact) mass is 499 g/mol. The molecule has 4 aromatic rings. The molecule has 0 bridgehead atoms. The first-order valence-electron chi connectivity index (χ1n) is 12.6. The van der Waals surface area contributed by atoms with Gasteiger partial charge in [0.1, 0.15) is 17.2 Å². The number of fused-ring (bicyclic) bond motifs is 1. The lowest BCUT2D eigenvalue weighted by Crippen LogP contribution is -2.36. The lowest BCUT2D eigenvalue weighted by atomic mass is 9.82. The van der Waals surface area contributed by atoms with Crippen LogP contribution in [0.5, 0.6) is 11.5 Å². The minimum atomic E-state index is -0.430. The summed E-state index contributed by atoms with van der Waals surface area (Å²) in [7, 11) is 1.57. The van der Waals surface area contributed by atoms with Gasteiger partial charge >= 0.3 is 5.97 Å². The van der Waals surface area contributed by atoms with Gasteiger partial charge in [0.25, 0.3) is 0 Å². The summed E-state index contributed by atoms with van der Waals surface area (Å²) in [5.74, 6) is 1.31. The Labute approximate surface area is 219 Å². The Balaban J connectivity index is 1.73. The van der Waals surface area contributed by atoms with Gasteiger partial charge in [0.05, 0.1) is 12.7 Å². The third kappa shape index (κ3) is 6.13. The standard InChI is InChI=1S/C31H37N3O3/c1-20-9-11-22(12-10-20)29(35)37-24-14-13-23(18-25(24)36-8)27-28(33-31(6,7)19-30(3,4)5)34-16-15-21(2)17-26(34)32-27/h9-18,33H,19H2,1-8H3. The van der Waals surface area contributed by atoms with E-state index < -0.39 is 5.97 Å². The number of imidazole rings is 1. The summed E-state index contributed by atoms with van der Waals surface area (Å²) in [5, 5.41) is 3.77. The van der Waals surface area contributed by atoms with Crippen LogP contribution in [0.25, 0.3) is 16.9 Å². The summed E-state index contributed by atoms with van der Waals surface area (Å²) in [6, 6.07) is 17.0. The third-order valence-electron chi connectivity index (χ3n) is 6.14. The molecule has 2 aromatic heterocycles. The van der Waals surface area contributed by atoms with Crippen molar-refractivity contribution < 1.29 is 14.3 Å². The van der Waals surface area contributed by atoms with Gasteiger partial charge in [-0.05, 0) is 87.6 Å². The number of esters is 1. The zero-order chi connectivity index (χ0) is 27.0. The Bertz CT molecular complexity index is 1430. The molecule has 0 unspecified atom stereocenters. The fourth-order valence-corrected chi connectivity index (χ4v) is 4.91. The van der Waals surface area contributed by atoms with E-state index in [1.165, 1.54) is 0 Å². The van der Waals surface area contributed by atoms with Crippen molar-refractivity contribution in [2.24, 2.45) is 5.41 Å². The maximum absolute atomic E-state index is 12.7. The van der Waals surface area contributed by atoms with Crippen molar-refractivity contribution in [3.05, 3.63) is 77.5 Å². The molecule has 0 saturated heterocycles. The van der Waals surface area contributed by atoms with Gasteiger partial charge in [0.15, 0.2) is 11.5 Å². The highest BCUT2D eigenvalue weighted by atomic mass is 16.6. The lowest BCUT2D eigenvalue weighted by molar-refractivity contribution is 0.0729. The molecule has 0 amide bonds. The van der Waals surface area contributed by atoms with Gasteiger partial charge in [0, 0.05) is 17.3 Å². The van der Waals surface area contributed by atoms with E-state index in [9.17, 15) is 4.79 Å². The van der Waals surface area contributed by atoms with Crippen LogP contribution in [0.4, 0.5) is 5.82 Å². The Kier molecular flexibility index (Phi) is 7.05. The van der Waals surface area contributed by atoms with Gasteiger partial charge in [-0.2, -0.15) is 0 Å². The summed E-state index contributed by atoms with van der Waals surface area (Å²) in [6.07, 6.45) is 3.02. The summed E-state index contributed by atoms with van der Waals surface area (Å²) < 4.78 is 13.4. The molecular formula is C31H37N3O3. The van der Waals surface area contributed by atoms with Gasteiger partial charge < -0.3 is 14.8 Å². The number of ether oxygens (including phenoxy) is 2. The number of rotatable bonds is 7. The van der Waals surface area contributed by atoms with Crippen molar-refractivity contribution in [2.45, 2.75) is 60.4 Å². The van der Waals surface area contributed by atoms with Crippen molar-refractivity contribution >= 4 is 17.4 Å². The molecule has 2 aromatic carbocycles. The number of pyridine rings is 1. The molecule has 0 aliphatic carbocycles. The van der Waals surface area contributed by atoms with Gasteiger partial charge in [0.2, 0.25) is 0 Å². The van der Waals surface area contributed by atoms with Crippen LogP contribution in [0.3, 0.4) is 0 Å². The molecule has 6 heteroatoms. The van der Waals surface area contributed by atoms with Crippen LogP contribution in [0.1, 0.15) is 62.5 Å². The number of hydrogen-bond acceptors (Lipinski definition) is 5. The van der Waals surface area contributed by atoms with E-state index in [1.54, 1.807) is 25.3 Å². The van der Waals surface area contributed by atoms with E-state index in [1.807, 2.05) is 37.4 Å². The summed E-state index contributed by atoms with van der Waals surface area (Å²) >= 11 is 0. The average Bonchev–Trinajstić information content (AvgIpc) is 3.14. The first kappa shape index (κ1) is 26.3. The topological polar surface area (TPSA) is 64.9 Å². The highest BCUT2D eigenvalue weighted by Crippen LogP contribution is 2.38. The van der Waals surface area contributed by atoms with Gasteiger partial charge in [-0.3, -0.25) is 4.40 Å². The second-order valence-electron chi connectivity index (χ2n) is 11.6. The molecule has 37 heavy (non-hydrogen) atoms. The Morgan fingerprint density at radius 1 is 0.919 bits per heavy atom. The highest BCUT2D eigenvalue weighted by Gasteiger charge is 2.28. The molecule has 0 radical (unpaired) electrons. The number of aryl methyl sites for hydroxylation is 2. The minimum absolute atomic E-state index is 0.153. The Hall–Kier alpha value is -3.80. The van der Waals surface area contributed by atoms with Crippen molar-refractivity contribution in [3.8, 4) is 22.8 Å². The summed E-state index contributed by atoms with van der Waals surface area (Å²) in [4.78, 5) is 17.7. The molecular weight excluding hydrogens is 462 g/mol. The lowest BCUT2D eigenvalue weighted by Gasteiger charge is -2.34. The van der Waals surface area contributed by atoms with Crippen LogP contribution in [0.2, 0.25) is 0 Å². The van der Waals surface area contributed by atoms with E-state index in [0.717, 1.165) is 40.3 Å². The second-order valence-corrected chi connectivity index (χ2v) is 11.6. The molecule has 2 heterocycles. The predicted molar refractivity (Wildman–Crippen MR) is 150 cm³/mol. The largest absolute Gasteiger partial charge is 0.493 e. The SMILES string of the molecule is COc1cc(-c2nc3cc(C)ccn3c2NC(C)(C)CC(C)(C)C)ccc1OC(=O)c1ccc(C)cc1. The van der Waals surface area contributed by atoms with Crippen LogP contribution < -0.4 is 14.8 Å². The minimum Gasteiger partial charge on any atom is -0.493 e. The number of carbonyl (C=O) groups is 1. The van der Waals surface area contributed by atoms with Crippen molar-refractivity contribution in [2.75, 3.05) is 12.4 Å². The Morgan fingerprint density at radius 3 is 2.27 bits per heavy atom. The fraction of sp³-hybridized carbons (Fsp3) is 0.355. The normalized spacial score (nSPS) is 12.0. The van der Waals surface area contributed by atoms with Crippen LogP contribution in [0.15, 0.2) is 60.8 Å². The van der Waals surface area contributed by atoms with Gasteiger partial charge in [-0.1, -0.05) is 38.5 Å². The maximum atomic E-state index is 12.7. The van der Waals surface area contributed by atoms with Gasteiger partial charge in [-0.15, -0.1) is 0 Å². The van der Waals surface area contributed by atoms with Gasteiger partial charge in [-0.25, -0.2) is 9.78 Å². The fourth-order valence-electron chi connectivity index (χ4n) is 4.91. The number of methoxy groups -OCH3 is 1. The van der Waals surface area contributed by atoms with Crippen LogP contribution in [0, 0.1) is 19.3 Å². The van der Waals surface area contributed by atoms with E-state index >= 15 is 0 Å². The van der Waals surface area contributed by atoms with Crippen LogP contribution in [-0.4, -0.2) is 28.0 Å². The zero-order valence-corrected chi connectivity index (χ0v) is 23.1. The van der Waals surface area contributed by atoms with Crippen molar-refractivity contribution in [1.82, 2.24) is 9.38 Å². The van der Waals surface area contributed by atoms with E-state index in [-0.39, 0.29) is 11.0 Å². The molecule has 0 spiro atoms. The molecule has 4 rings (SSSR count). The summed E-state index contributed by atoms with van der Waals surface area (Å²) in [5.41, 5.74) is 5.21. The molecule has 0 atom stereocenters. The Morgan fingerprint density at radius 2 is 1.62 bits per heavy atom. The molecule has 194 valence electrons.